The Morgan fingerprint density at radius 3 is 1.59 bits per heavy atom. The maximum absolute atomic E-state index is 15.3. The third-order valence-corrected chi connectivity index (χ3v) is 16.1. The van der Waals surface area contributed by atoms with Crippen LogP contribution in [0.15, 0.2) is 176 Å². The lowest BCUT2D eigenvalue weighted by atomic mass is 9.79. The molecule has 0 bridgehead atoms. The number of benzene rings is 8. The highest BCUT2D eigenvalue weighted by Crippen LogP contribution is 2.44. The van der Waals surface area contributed by atoms with Crippen LogP contribution in [0.3, 0.4) is 0 Å². The van der Waals surface area contributed by atoms with Gasteiger partial charge in [-0.15, -0.1) is 0 Å². The number of phenolic OH excluding ortho intramolecular Hbond substituents is 1. The maximum atomic E-state index is 15.3. The minimum Gasteiger partial charge on any atom is -0.507 e. The van der Waals surface area contributed by atoms with Gasteiger partial charge in [0.25, 0.3) is 0 Å². The first-order chi connectivity index (χ1) is 37.6. The topological polar surface area (TPSA) is 55.9 Å². The zero-order valence-corrected chi connectivity index (χ0v) is 49.4. The Kier molecular flexibility index (Phi) is 13.0. The highest BCUT2D eigenvalue weighted by atomic mass is 19.1. The second-order valence-electron chi connectivity index (χ2n) is 27.3. The molecular weight excluding hydrogens is 980 g/mol. The molecule has 0 unspecified atom stereocenters. The van der Waals surface area contributed by atoms with Gasteiger partial charge in [0.1, 0.15) is 17.4 Å². The molecule has 0 saturated carbocycles. The van der Waals surface area contributed by atoms with Gasteiger partial charge in [-0.3, -0.25) is 9.55 Å². The van der Waals surface area contributed by atoms with E-state index in [9.17, 15) is 5.11 Å². The molecule has 0 atom stereocenters. The van der Waals surface area contributed by atoms with Crippen molar-refractivity contribution in [1.29, 1.82) is 0 Å². The largest absolute Gasteiger partial charge is 0.507 e. The minimum absolute atomic E-state index is 0.00129. The van der Waals surface area contributed by atoms with Gasteiger partial charge in [0.15, 0.2) is 0 Å². The first-order valence-corrected chi connectivity index (χ1v) is 28.2. The molecule has 0 fully saturated rings. The fourth-order valence-electron chi connectivity index (χ4n) is 11.1. The van der Waals surface area contributed by atoms with Crippen LogP contribution in [0.4, 0.5) is 4.39 Å². The summed E-state index contributed by atoms with van der Waals surface area (Å²) < 4.78 is 19.8. The number of phenols is 1. The molecule has 0 aliphatic heterocycles. The van der Waals surface area contributed by atoms with Crippen molar-refractivity contribution in [2.24, 2.45) is 0 Å². The molecule has 8 aromatic carbocycles. The number of halogens is 1. The Hall–Kier alpha value is -8.09. The van der Waals surface area contributed by atoms with E-state index < -0.39 is 5.82 Å². The minimum atomic E-state index is -0.451. The second kappa shape index (κ2) is 19.3. The first-order valence-electron chi connectivity index (χ1n) is 28.2. The van der Waals surface area contributed by atoms with Crippen LogP contribution < -0.4 is 0 Å². The number of pyridine rings is 1. The number of fused-ring (bicyclic) bond motifs is 4. The number of aromatic nitrogens is 4. The van der Waals surface area contributed by atoms with Gasteiger partial charge in [-0.2, -0.15) is 0 Å². The number of para-hydroxylation sites is 2. The molecule has 0 aliphatic rings. The van der Waals surface area contributed by atoms with Gasteiger partial charge in [0.2, 0.25) is 0 Å². The molecular formula is C74H75FN4O. The second-order valence-corrected chi connectivity index (χ2v) is 27.3. The van der Waals surface area contributed by atoms with E-state index in [0.29, 0.717) is 11.4 Å². The van der Waals surface area contributed by atoms with Gasteiger partial charge in [-0.1, -0.05) is 189 Å². The fourth-order valence-corrected chi connectivity index (χ4v) is 11.1. The van der Waals surface area contributed by atoms with Gasteiger partial charge in [0, 0.05) is 39.5 Å². The van der Waals surface area contributed by atoms with Gasteiger partial charge >= 0.3 is 0 Å². The van der Waals surface area contributed by atoms with Crippen LogP contribution in [0.1, 0.15) is 132 Å². The van der Waals surface area contributed by atoms with Crippen molar-refractivity contribution in [3.05, 3.63) is 210 Å². The summed E-state index contributed by atoms with van der Waals surface area (Å²) in [5.41, 5.74) is 20.1. The summed E-state index contributed by atoms with van der Waals surface area (Å²) >= 11 is 0. The fraction of sp³-hybridized carbons (Fsp3) is 0.270. The third kappa shape index (κ3) is 10.1. The predicted molar refractivity (Wildman–Crippen MR) is 336 cm³/mol. The van der Waals surface area contributed by atoms with E-state index in [1.807, 2.05) is 6.20 Å². The smallest absolute Gasteiger partial charge is 0.149 e. The van der Waals surface area contributed by atoms with Gasteiger partial charge in [0.05, 0.1) is 33.3 Å². The Morgan fingerprint density at radius 1 is 0.375 bits per heavy atom. The first kappa shape index (κ1) is 53.9. The molecule has 5 nitrogen and oxygen atoms in total. The van der Waals surface area contributed by atoms with Crippen LogP contribution >= 0.6 is 0 Å². The van der Waals surface area contributed by atoms with Crippen LogP contribution in [0, 0.1) is 5.82 Å². The Labute approximate surface area is 472 Å². The van der Waals surface area contributed by atoms with E-state index >= 15 is 4.39 Å². The molecule has 404 valence electrons. The van der Waals surface area contributed by atoms with E-state index in [2.05, 4.69) is 265 Å². The molecule has 3 aromatic heterocycles. The van der Waals surface area contributed by atoms with E-state index in [0.717, 1.165) is 72.5 Å². The lowest BCUT2D eigenvalue weighted by Gasteiger charge is -2.27. The zero-order chi connectivity index (χ0) is 57.0. The van der Waals surface area contributed by atoms with E-state index in [4.69, 9.17) is 9.97 Å². The summed E-state index contributed by atoms with van der Waals surface area (Å²) in [6, 6.07) is 59.9. The van der Waals surface area contributed by atoms with E-state index in [-0.39, 0.29) is 32.8 Å². The van der Waals surface area contributed by atoms with E-state index in [1.54, 1.807) is 0 Å². The zero-order valence-electron chi connectivity index (χ0n) is 49.4. The van der Waals surface area contributed by atoms with E-state index in [1.165, 1.54) is 62.4 Å². The average Bonchev–Trinajstić information content (AvgIpc) is 4.08. The quantitative estimate of drug-likeness (QED) is 0.173. The van der Waals surface area contributed by atoms with Gasteiger partial charge in [-0.05, 0) is 168 Å². The van der Waals surface area contributed by atoms with Crippen molar-refractivity contribution in [1.82, 2.24) is 19.1 Å². The maximum Gasteiger partial charge on any atom is 0.149 e. The van der Waals surface area contributed by atoms with Gasteiger partial charge < -0.3 is 9.67 Å². The average molecular weight is 1060 g/mol. The summed E-state index contributed by atoms with van der Waals surface area (Å²) in [6.45, 7) is 33.8. The van der Waals surface area contributed by atoms with Crippen molar-refractivity contribution < 1.29 is 9.50 Å². The molecule has 80 heavy (non-hydrogen) atoms. The highest BCUT2D eigenvalue weighted by Gasteiger charge is 2.27. The summed E-state index contributed by atoms with van der Waals surface area (Å²) in [4.78, 5) is 10.5. The van der Waals surface area contributed by atoms with Crippen molar-refractivity contribution in [3.8, 4) is 73.2 Å². The summed E-state index contributed by atoms with van der Waals surface area (Å²) in [6.07, 6.45) is 1.92. The number of hydrogen-bond acceptors (Lipinski definition) is 3. The number of rotatable bonds is 7. The van der Waals surface area contributed by atoms with Crippen LogP contribution in [-0.4, -0.2) is 24.2 Å². The molecule has 0 saturated heterocycles. The Balaban J connectivity index is 1.06. The molecule has 0 spiro atoms. The van der Waals surface area contributed by atoms with Crippen molar-refractivity contribution in [2.45, 2.75) is 131 Å². The molecule has 0 radical (unpaired) electrons. The molecule has 11 rings (SSSR count). The predicted octanol–water partition coefficient (Wildman–Crippen LogP) is 20.2. The highest BCUT2D eigenvalue weighted by molar-refractivity contribution is 6.10. The lowest BCUT2D eigenvalue weighted by Crippen LogP contribution is -2.17. The Bertz CT molecular complexity index is 4160. The molecule has 6 heteroatoms. The normalized spacial score (nSPS) is 12.8. The summed E-state index contributed by atoms with van der Waals surface area (Å²) in [5.74, 6) is -0.0351. The van der Waals surface area contributed by atoms with Crippen LogP contribution in [0.2, 0.25) is 0 Å². The van der Waals surface area contributed by atoms with Crippen LogP contribution in [-0.2, 0) is 27.1 Å². The number of hydrogen-bond donors (Lipinski definition) is 1. The number of imidazole rings is 1. The molecule has 1 N–H and O–H groups in total. The van der Waals surface area contributed by atoms with Crippen LogP contribution in [0.25, 0.3) is 100 Å². The summed E-state index contributed by atoms with van der Waals surface area (Å²) in [5, 5.41) is 13.9. The third-order valence-electron chi connectivity index (χ3n) is 16.1. The number of nitrogens with zero attached hydrogens (tertiary/aromatic N) is 4. The molecule has 11 aromatic rings. The Morgan fingerprint density at radius 2 is 0.925 bits per heavy atom. The summed E-state index contributed by atoms with van der Waals surface area (Å²) in [7, 11) is 0. The number of aromatic hydroxyl groups is 1. The molecule has 0 amide bonds. The van der Waals surface area contributed by atoms with Crippen molar-refractivity contribution in [2.75, 3.05) is 0 Å². The molecule has 0 aliphatic carbocycles. The van der Waals surface area contributed by atoms with Crippen molar-refractivity contribution >= 4 is 32.8 Å². The van der Waals surface area contributed by atoms with Gasteiger partial charge in [-0.25, -0.2) is 9.37 Å². The standard InChI is InChI=1S/C74H75FN4O/c1-70(2,3)51-35-49(59-23-19-25-65-68(59)77-69(62-44-56(75)27-29-67(62)80)79(65)58-42-54(73(10,11)12)41-55(43-58)74(13,14)15)32-50(36-51)63-38-47(30-31-76-63)46-26-28-61-60-22-16-17-24-64(60)78(66(61)39-46)57-21-18-20-45(37-57)48-33-52(71(4,5)6)40-53(34-48)72(7,8)9/h16-44,80H,1-15H3. The molecule has 3 heterocycles. The lowest BCUT2D eigenvalue weighted by molar-refractivity contribution is 0.474. The SMILES string of the molecule is CC(C)(C)c1cc(-c2cc(-c3ccc4c5ccccc5n(-c5cccc(-c6cc(C(C)(C)C)cc(C(C)(C)C)c6)c5)c4c3)ccn2)cc(-c2cccc3c2nc(-c2cc(F)ccc2O)n3-c2cc(C(C)(C)C)cc(C(C)(C)C)c2)c1. The monoisotopic (exact) mass is 1050 g/mol. The van der Waals surface area contributed by atoms with Crippen molar-refractivity contribution in [3.63, 3.8) is 0 Å². The van der Waals surface area contributed by atoms with Crippen LogP contribution in [0.5, 0.6) is 5.75 Å².